The first-order valence-corrected chi connectivity index (χ1v) is 10.1. The highest BCUT2D eigenvalue weighted by atomic mass is 19.1. The Morgan fingerprint density at radius 3 is 2.23 bits per heavy atom. The molecule has 0 amide bonds. The van der Waals surface area contributed by atoms with Gasteiger partial charge in [0.15, 0.2) is 5.65 Å². The number of hydrogen-bond acceptors (Lipinski definition) is 5. The van der Waals surface area contributed by atoms with Crippen molar-refractivity contribution in [3.63, 3.8) is 0 Å². The van der Waals surface area contributed by atoms with E-state index in [9.17, 15) is 4.39 Å². The van der Waals surface area contributed by atoms with E-state index in [1.807, 2.05) is 23.0 Å². The van der Waals surface area contributed by atoms with Gasteiger partial charge in [0.2, 0.25) is 0 Å². The van der Waals surface area contributed by atoms with Crippen molar-refractivity contribution in [2.45, 2.75) is 13.8 Å². The monoisotopic (exact) mass is 402 g/mol. The Labute approximate surface area is 174 Å². The summed E-state index contributed by atoms with van der Waals surface area (Å²) in [5, 5.41) is 5.55. The third-order valence-electron chi connectivity index (χ3n) is 5.85. The summed E-state index contributed by atoms with van der Waals surface area (Å²) in [5.74, 6) is 0.704. The molecule has 1 fully saturated rings. The summed E-state index contributed by atoms with van der Waals surface area (Å²) in [4.78, 5) is 13.6. The van der Waals surface area contributed by atoms with Crippen molar-refractivity contribution < 1.29 is 4.39 Å². The topological polar surface area (TPSA) is 50.1 Å². The average molecular weight is 402 g/mol. The number of aromatic nitrogens is 4. The zero-order chi connectivity index (χ0) is 20.7. The summed E-state index contributed by atoms with van der Waals surface area (Å²) in [5.41, 5.74) is 5.33. The van der Waals surface area contributed by atoms with Crippen LogP contribution in [0.2, 0.25) is 0 Å². The molecule has 0 bridgehead atoms. The van der Waals surface area contributed by atoms with Gasteiger partial charge in [-0.05, 0) is 61.4 Å². The van der Waals surface area contributed by atoms with Gasteiger partial charge in [-0.25, -0.2) is 19.0 Å². The molecule has 0 N–H and O–H groups in total. The molecular weight excluding hydrogens is 379 g/mol. The van der Waals surface area contributed by atoms with Crippen LogP contribution in [0.15, 0.2) is 55.0 Å². The van der Waals surface area contributed by atoms with Crippen LogP contribution in [-0.4, -0.2) is 45.9 Å². The molecule has 2 aromatic heterocycles. The molecule has 0 saturated carbocycles. The van der Waals surface area contributed by atoms with Crippen LogP contribution in [0.25, 0.3) is 16.7 Å². The largest absolute Gasteiger partial charge is 0.368 e. The van der Waals surface area contributed by atoms with Crippen molar-refractivity contribution in [1.29, 1.82) is 0 Å². The minimum absolute atomic E-state index is 0.207. The van der Waals surface area contributed by atoms with Gasteiger partial charge in [-0.1, -0.05) is 6.07 Å². The summed E-state index contributed by atoms with van der Waals surface area (Å²) in [6.07, 6.45) is 3.47. The summed E-state index contributed by atoms with van der Waals surface area (Å²) in [7, 11) is 0. The van der Waals surface area contributed by atoms with E-state index in [0.29, 0.717) is 0 Å². The average Bonchev–Trinajstić information content (AvgIpc) is 3.21. The Morgan fingerprint density at radius 2 is 1.50 bits per heavy atom. The van der Waals surface area contributed by atoms with E-state index in [2.05, 4.69) is 56.9 Å². The molecular formula is C23H23FN6. The molecule has 0 aliphatic carbocycles. The maximum atomic E-state index is 13.2. The number of hydrogen-bond donors (Lipinski definition) is 0. The van der Waals surface area contributed by atoms with Crippen LogP contribution in [0.4, 0.5) is 15.9 Å². The molecule has 3 heterocycles. The second-order valence-electron chi connectivity index (χ2n) is 7.71. The summed E-state index contributed by atoms with van der Waals surface area (Å²) in [6.45, 7) is 7.57. The lowest BCUT2D eigenvalue weighted by atomic mass is 10.1. The second kappa shape index (κ2) is 7.40. The summed E-state index contributed by atoms with van der Waals surface area (Å²) < 4.78 is 15.1. The fourth-order valence-corrected chi connectivity index (χ4v) is 3.96. The van der Waals surface area contributed by atoms with Crippen LogP contribution in [-0.2, 0) is 0 Å². The van der Waals surface area contributed by atoms with E-state index in [-0.39, 0.29) is 5.82 Å². The zero-order valence-corrected chi connectivity index (χ0v) is 17.1. The first kappa shape index (κ1) is 18.5. The number of piperazine rings is 1. The molecule has 0 radical (unpaired) electrons. The van der Waals surface area contributed by atoms with Gasteiger partial charge in [-0.15, -0.1) is 0 Å². The number of nitrogens with zero attached hydrogens (tertiary/aromatic N) is 6. The molecule has 1 aliphatic rings. The second-order valence-corrected chi connectivity index (χ2v) is 7.71. The molecule has 2 aromatic carbocycles. The Hall–Kier alpha value is -3.48. The Kier molecular flexibility index (Phi) is 4.58. The van der Waals surface area contributed by atoms with E-state index >= 15 is 0 Å². The van der Waals surface area contributed by atoms with Crippen molar-refractivity contribution in [1.82, 2.24) is 19.7 Å². The van der Waals surface area contributed by atoms with Crippen molar-refractivity contribution in [2.75, 3.05) is 36.0 Å². The first-order valence-electron chi connectivity index (χ1n) is 10.1. The minimum atomic E-state index is -0.207. The van der Waals surface area contributed by atoms with Gasteiger partial charge in [0.25, 0.3) is 0 Å². The number of halogens is 1. The molecule has 30 heavy (non-hydrogen) atoms. The lowest BCUT2D eigenvalue weighted by Crippen LogP contribution is -2.46. The number of fused-ring (bicyclic) bond motifs is 1. The molecule has 0 spiro atoms. The van der Waals surface area contributed by atoms with Crippen LogP contribution in [0.3, 0.4) is 0 Å². The van der Waals surface area contributed by atoms with E-state index in [4.69, 9.17) is 0 Å². The van der Waals surface area contributed by atoms with Crippen LogP contribution in [0, 0.1) is 19.7 Å². The van der Waals surface area contributed by atoms with Gasteiger partial charge in [0.05, 0.1) is 17.3 Å². The highest BCUT2D eigenvalue weighted by Gasteiger charge is 2.22. The third kappa shape index (κ3) is 3.26. The highest BCUT2D eigenvalue weighted by Crippen LogP contribution is 2.27. The SMILES string of the molecule is Cc1ccc(-n2ncc3c(N4CCN(c5ccc(F)cc5)CC4)ncnc32)cc1C. The molecule has 5 rings (SSSR count). The number of aryl methyl sites for hydroxylation is 2. The molecule has 1 saturated heterocycles. The minimum Gasteiger partial charge on any atom is -0.368 e. The van der Waals surface area contributed by atoms with E-state index in [0.717, 1.165) is 54.4 Å². The standard InChI is InChI=1S/C23H23FN6/c1-16-3-6-20(13-17(16)2)30-23-21(14-27-30)22(25-15-26-23)29-11-9-28(10-12-29)19-7-4-18(24)5-8-19/h3-8,13-15H,9-12H2,1-2H3. The van der Waals surface area contributed by atoms with E-state index < -0.39 is 0 Å². The maximum Gasteiger partial charge on any atom is 0.168 e. The lowest BCUT2D eigenvalue weighted by Gasteiger charge is -2.36. The van der Waals surface area contributed by atoms with Crippen molar-refractivity contribution >= 4 is 22.5 Å². The first-order chi connectivity index (χ1) is 14.6. The van der Waals surface area contributed by atoms with Crippen molar-refractivity contribution in [2.24, 2.45) is 0 Å². The van der Waals surface area contributed by atoms with Crippen LogP contribution < -0.4 is 9.80 Å². The quantitative estimate of drug-likeness (QED) is 0.520. The number of anilines is 2. The Balaban J connectivity index is 1.41. The van der Waals surface area contributed by atoms with Gasteiger partial charge >= 0.3 is 0 Å². The molecule has 4 aromatic rings. The Morgan fingerprint density at radius 1 is 0.800 bits per heavy atom. The normalized spacial score (nSPS) is 14.5. The molecule has 6 nitrogen and oxygen atoms in total. The van der Waals surface area contributed by atoms with E-state index in [1.54, 1.807) is 6.33 Å². The molecule has 0 unspecified atom stereocenters. The van der Waals surface area contributed by atoms with Crippen LogP contribution in [0.5, 0.6) is 0 Å². The molecule has 0 atom stereocenters. The van der Waals surface area contributed by atoms with Crippen LogP contribution in [0.1, 0.15) is 11.1 Å². The fourth-order valence-electron chi connectivity index (χ4n) is 3.96. The third-order valence-corrected chi connectivity index (χ3v) is 5.85. The van der Waals surface area contributed by atoms with Gasteiger partial charge in [0, 0.05) is 31.9 Å². The predicted octanol–water partition coefficient (Wildman–Crippen LogP) is 3.90. The van der Waals surface area contributed by atoms with Gasteiger partial charge in [-0.2, -0.15) is 5.10 Å². The number of rotatable bonds is 3. The molecule has 152 valence electrons. The predicted molar refractivity (Wildman–Crippen MR) is 117 cm³/mol. The van der Waals surface area contributed by atoms with Gasteiger partial charge in [0.1, 0.15) is 18.0 Å². The van der Waals surface area contributed by atoms with Crippen molar-refractivity contribution in [3.8, 4) is 5.69 Å². The molecule has 1 aliphatic heterocycles. The number of benzene rings is 2. The maximum absolute atomic E-state index is 13.2. The summed E-state index contributed by atoms with van der Waals surface area (Å²) in [6, 6.07) is 13.0. The smallest absolute Gasteiger partial charge is 0.168 e. The van der Waals surface area contributed by atoms with Gasteiger partial charge in [-0.3, -0.25) is 0 Å². The van der Waals surface area contributed by atoms with Crippen molar-refractivity contribution in [3.05, 3.63) is 71.9 Å². The van der Waals surface area contributed by atoms with Gasteiger partial charge < -0.3 is 9.80 Å². The zero-order valence-electron chi connectivity index (χ0n) is 17.1. The molecule has 7 heteroatoms. The Bertz CT molecular complexity index is 1190. The van der Waals surface area contributed by atoms with E-state index in [1.165, 1.54) is 23.3 Å². The highest BCUT2D eigenvalue weighted by molar-refractivity contribution is 5.87. The van der Waals surface area contributed by atoms with Crippen LogP contribution >= 0.6 is 0 Å². The fraction of sp³-hybridized carbons (Fsp3) is 0.261. The lowest BCUT2D eigenvalue weighted by molar-refractivity contribution is 0.624. The summed E-state index contributed by atoms with van der Waals surface area (Å²) >= 11 is 0.